The van der Waals surface area contributed by atoms with Crippen LogP contribution in [0.5, 0.6) is 0 Å². The normalized spacial score (nSPS) is 11.4. The molecule has 0 bridgehead atoms. The van der Waals surface area contributed by atoms with Gasteiger partial charge < -0.3 is 10.4 Å². The fourth-order valence-corrected chi connectivity index (χ4v) is 2.06. The summed E-state index contributed by atoms with van der Waals surface area (Å²) >= 11 is 0. The third-order valence-corrected chi connectivity index (χ3v) is 3.50. The van der Waals surface area contributed by atoms with E-state index in [1.165, 1.54) is 5.56 Å². The molecule has 0 saturated carbocycles. The van der Waals surface area contributed by atoms with Crippen molar-refractivity contribution >= 4 is 5.91 Å². The zero-order chi connectivity index (χ0) is 15.0. The number of amides is 1. The summed E-state index contributed by atoms with van der Waals surface area (Å²) in [6, 6.07) is 7.82. The maximum absolute atomic E-state index is 11.9. The molecular weight excluding hydrogens is 250 g/mol. The molecule has 3 heteroatoms. The van der Waals surface area contributed by atoms with Gasteiger partial charge in [0.1, 0.15) is 0 Å². The van der Waals surface area contributed by atoms with Gasteiger partial charge in [-0.15, -0.1) is 0 Å². The Hall–Kier alpha value is -1.35. The van der Waals surface area contributed by atoms with E-state index < -0.39 is 0 Å². The van der Waals surface area contributed by atoms with Crippen LogP contribution in [0.4, 0.5) is 0 Å². The molecule has 1 amide bonds. The molecule has 112 valence electrons. The SMILES string of the molecule is CCCc1ccc(C(=O)NCCCC(C)(C)CO)cc1. The Morgan fingerprint density at radius 3 is 2.45 bits per heavy atom. The number of aliphatic hydroxyl groups excluding tert-OH is 1. The zero-order valence-corrected chi connectivity index (χ0v) is 12.9. The van der Waals surface area contributed by atoms with Gasteiger partial charge >= 0.3 is 0 Å². The predicted octanol–water partition coefficient (Wildman–Crippen LogP) is 3.17. The first-order valence-corrected chi connectivity index (χ1v) is 7.46. The van der Waals surface area contributed by atoms with Gasteiger partial charge in [0.05, 0.1) is 0 Å². The minimum Gasteiger partial charge on any atom is -0.396 e. The molecule has 1 rings (SSSR count). The van der Waals surface area contributed by atoms with Crippen LogP contribution >= 0.6 is 0 Å². The fourth-order valence-electron chi connectivity index (χ4n) is 2.06. The van der Waals surface area contributed by atoms with Crippen molar-refractivity contribution in [1.29, 1.82) is 0 Å². The van der Waals surface area contributed by atoms with E-state index in [4.69, 9.17) is 5.11 Å². The van der Waals surface area contributed by atoms with Gasteiger partial charge in [0, 0.05) is 18.7 Å². The molecule has 2 N–H and O–H groups in total. The summed E-state index contributed by atoms with van der Waals surface area (Å²) < 4.78 is 0. The van der Waals surface area contributed by atoms with Crippen molar-refractivity contribution in [3.8, 4) is 0 Å². The molecule has 0 saturated heterocycles. The highest BCUT2D eigenvalue weighted by molar-refractivity contribution is 5.94. The van der Waals surface area contributed by atoms with Crippen molar-refractivity contribution < 1.29 is 9.90 Å². The summed E-state index contributed by atoms with van der Waals surface area (Å²) in [5.41, 5.74) is 1.92. The topological polar surface area (TPSA) is 49.3 Å². The highest BCUT2D eigenvalue weighted by Crippen LogP contribution is 2.20. The highest BCUT2D eigenvalue weighted by atomic mass is 16.3. The molecule has 0 aliphatic heterocycles. The van der Waals surface area contributed by atoms with Gasteiger partial charge in [-0.25, -0.2) is 0 Å². The summed E-state index contributed by atoms with van der Waals surface area (Å²) in [7, 11) is 0. The van der Waals surface area contributed by atoms with Crippen molar-refractivity contribution in [1.82, 2.24) is 5.32 Å². The lowest BCUT2D eigenvalue weighted by Gasteiger charge is -2.21. The molecule has 0 atom stereocenters. The van der Waals surface area contributed by atoms with Gasteiger partial charge in [0.25, 0.3) is 5.91 Å². The average Bonchev–Trinajstić information content (AvgIpc) is 2.44. The van der Waals surface area contributed by atoms with Crippen molar-refractivity contribution in [2.24, 2.45) is 5.41 Å². The Labute approximate surface area is 122 Å². The zero-order valence-electron chi connectivity index (χ0n) is 12.9. The number of carbonyl (C=O) groups excluding carboxylic acids is 1. The molecule has 0 aliphatic carbocycles. The van der Waals surface area contributed by atoms with Crippen LogP contribution in [0.25, 0.3) is 0 Å². The van der Waals surface area contributed by atoms with Gasteiger partial charge in [-0.3, -0.25) is 4.79 Å². The molecule has 1 aromatic rings. The van der Waals surface area contributed by atoms with Crippen molar-refractivity contribution in [3.63, 3.8) is 0 Å². The smallest absolute Gasteiger partial charge is 0.251 e. The van der Waals surface area contributed by atoms with E-state index in [1.807, 2.05) is 38.1 Å². The summed E-state index contributed by atoms with van der Waals surface area (Å²) in [5, 5.41) is 12.1. The molecule has 0 radical (unpaired) electrons. The largest absolute Gasteiger partial charge is 0.396 e. The van der Waals surface area contributed by atoms with Crippen LogP contribution in [0.2, 0.25) is 0 Å². The van der Waals surface area contributed by atoms with Gasteiger partial charge in [-0.1, -0.05) is 39.3 Å². The lowest BCUT2D eigenvalue weighted by molar-refractivity contribution is 0.0948. The third-order valence-electron chi connectivity index (χ3n) is 3.50. The Balaban J connectivity index is 2.35. The maximum Gasteiger partial charge on any atom is 0.251 e. The first kappa shape index (κ1) is 16.7. The second-order valence-corrected chi connectivity index (χ2v) is 6.13. The molecule has 0 heterocycles. The van der Waals surface area contributed by atoms with Crippen molar-refractivity contribution in [2.75, 3.05) is 13.2 Å². The van der Waals surface area contributed by atoms with Crippen LogP contribution in [0, 0.1) is 5.41 Å². The molecule has 3 nitrogen and oxygen atoms in total. The number of carbonyl (C=O) groups is 1. The molecule has 0 aliphatic rings. The van der Waals surface area contributed by atoms with E-state index in [1.54, 1.807) is 0 Å². The summed E-state index contributed by atoms with van der Waals surface area (Å²) in [6.07, 6.45) is 3.96. The summed E-state index contributed by atoms with van der Waals surface area (Å²) in [5.74, 6) is -0.0187. The lowest BCUT2D eigenvalue weighted by Crippen LogP contribution is -2.26. The van der Waals surface area contributed by atoms with E-state index >= 15 is 0 Å². The molecule has 0 aromatic heterocycles. The fraction of sp³-hybridized carbons (Fsp3) is 0.588. The van der Waals surface area contributed by atoms with Crippen LogP contribution in [0.3, 0.4) is 0 Å². The van der Waals surface area contributed by atoms with E-state index in [-0.39, 0.29) is 17.9 Å². The molecule has 0 unspecified atom stereocenters. The van der Waals surface area contributed by atoms with Gasteiger partial charge in [0.2, 0.25) is 0 Å². The number of hydrogen-bond acceptors (Lipinski definition) is 2. The minimum atomic E-state index is -0.0630. The standard InChI is InChI=1S/C17H27NO2/c1-4-6-14-7-9-15(10-8-14)16(20)18-12-5-11-17(2,3)13-19/h7-10,19H,4-6,11-13H2,1-3H3,(H,18,20). The van der Waals surface area contributed by atoms with Gasteiger partial charge in [-0.2, -0.15) is 0 Å². The van der Waals surface area contributed by atoms with Crippen LogP contribution in [-0.4, -0.2) is 24.2 Å². The number of nitrogens with one attached hydrogen (secondary N) is 1. The molecule has 20 heavy (non-hydrogen) atoms. The summed E-state index contributed by atoms with van der Waals surface area (Å²) in [4.78, 5) is 11.9. The second kappa shape index (κ2) is 8.05. The summed E-state index contributed by atoms with van der Waals surface area (Å²) in [6.45, 7) is 7.04. The van der Waals surface area contributed by atoms with E-state index in [2.05, 4.69) is 12.2 Å². The molecule has 0 spiro atoms. The van der Waals surface area contributed by atoms with Crippen LogP contribution < -0.4 is 5.32 Å². The predicted molar refractivity (Wildman–Crippen MR) is 82.9 cm³/mol. The highest BCUT2D eigenvalue weighted by Gasteiger charge is 2.15. The lowest BCUT2D eigenvalue weighted by atomic mass is 9.89. The number of aryl methyl sites for hydroxylation is 1. The molecular formula is C17H27NO2. The first-order chi connectivity index (χ1) is 9.48. The Morgan fingerprint density at radius 1 is 1.25 bits per heavy atom. The third kappa shape index (κ3) is 5.74. The number of benzene rings is 1. The number of aliphatic hydroxyl groups is 1. The number of rotatable bonds is 8. The van der Waals surface area contributed by atoms with Gasteiger partial charge in [0.15, 0.2) is 0 Å². The minimum absolute atomic E-state index is 0.0187. The second-order valence-electron chi connectivity index (χ2n) is 6.13. The van der Waals surface area contributed by atoms with E-state index in [0.717, 1.165) is 25.7 Å². The monoisotopic (exact) mass is 277 g/mol. The molecule has 0 fully saturated rings. The maximum atomic E-state index is 11.9. The Bertz CT molecular complexity index is 410. The van der Waals surface area contributed by atoms with Crippen LogP contribution in [-0.2, 0) is 6.42 Å². The van der Waals surface area contributed by atoms with Crippen molar-refractivity contribution in [3.05, 3.63) is 35.4 Å². The van der Waals surface area contributed by atoms with Gasteiger partial charge in [-0.05, 0) is 42.4 Å². The Kier molecular flexibility index (Phi) is 6.73. The first-order valence-electron chi connectivity index (χ1n) is 7.46. The van der Waals surface area contributed by atoms with E-state index in [9.17, 15) is 4.79 Å². The van der Waals surface area contributed by atoms with Crippen LogP contribution in [0.15, 0.2) is 24.3 Å². The van der Waals surface area contributed by atoms with Crippen molar-refractivity contribution in [2.45, 2.75) is 46.5 Å². The Morgan fingerprint density at radius 2 is 1.90 bits per heavy atom. The molecule has 1 aromatic carbocycles. The van der Waals surface area contributed by atoms with Crippen LogP contribution in [0.1, 0.15) is 56.0 Å². The number of hydrogen-bond donors (Lipinski definition) is 2. The quantitative estimate of drug-likeness (QED) is 0.717. The average molecular weight is 277 g/mol. The van der Waals surface area contributed by atoms with E-state index in [0.29, 0.717) is 12.1 Å².